The second kappa shape index (κ2) is 11.4. The van der Waals surface area contributed by atoms with E-state index in [0.29, 0.717) is 42.7 Å². The van der Waals surface area contributed by atoms with Crippen molar-refractivity contribution < 1.29 is 22.7 Å². The third-order valence-corrected chi connectivity index (χ3v) is 10.6. The molecule has 3 aliphatic heterocycles. The van der Waals surface area contributed by atoms with Gasteiger partial charge in [0.1, 0.15) is 5.75 Å². The van der Waals surface area contributed by atoms with Crippen LogP contribution in [0.1, 0.15) is 60.0 Å². The highest BCUT2D eigenvalue weighted by Gasteiger charge is 2.42. The van der Waals surface area contributed by atoms with Crippen LogP contribution in [0.15, 0.2) is 48.0 Å². The van der Waals surface area contributed by atoms with E-state index in [4.69, 9.17) is 21.1 Å². The number of fused-ring (bicyclic) bond motifs is 5. The van der Waals surface area contributed by atoms with Gasteiger partial charge in [0.05, 0.1) is 24.2 Å². The van der Waals surface area contributed by atoms with Crippen molar-refractivity contribution in [3.05, 3.63) is 69.8 Å². The van der Waals surface area contributed by atoms with Crippen molar-refractivity contribution in [3.8, 4) is 5.75 Å². The molecule has 7 rings (SSSR count). The average molecular weight is 585 g/mol. The zero-order chi connectivity index (χ0) is 27.9. The molecule has 40 heavy (non-hydrogen) atoms. The number of carbonyl (C=O) groups excluding carboxylic acids is 1. The lowest BCUT2D eigenvalue weighted by Gasteiger charge is -2.46. The first-order chi connectivity index (χ1) is 19.3. The number of nitrogens with zero attached hydrogens (tertiary/aromatic N) is 1. The van der Waals surface area contributed by atoms with Gasteiger partial charge in [-0.25, -0.2) is 13.1 Å². The lowest BCUT2D eigenvalue weighted by Crippen LogP contribution is -2.46. The summed E-state index contributed by atoms with van der Waals surface area (Å²) in [4.78, 5) is 15.5. The number of rotatable bonds is 1. The van der Waals surface area contributed by atoms with Gasteiger partial charge in [-0.05, 0) is 110 Å². The molecule has 5 aliphatic rings. The van der Waals surface area contributed by atoms with Gasteiger partial charge in [-0.1, -0.05) is 23.7 Å². The van der Waals surface area contributed by atoms with E-state index in [1.807, 2.05) is 12.1 Å². The Hall–Kier alpha value is -2.55. The normalized spacial score (nSPS) is 28.2. The fraction of sp³-hybridized carbons (Fsp3) is 0.516. The number of amides is 1. The van der Waals surface area contributed by atoms with E-state index in [-0.39, 0.29) is 17.8 Å². The van der Waals surface area contributed by atoms with Gasteiger partial charge in [0.25, 0.3) is 5.91 Å². The maximum atomic E-state index is 13.2. The van der Waals surface area contributed by atoms with Gasteiger partial charge in [0.2, 0.25) is 10.0 Å². The Morgan fingerprint density at radius 2 is 1.93 bits per heavy atom. The number of allylic oxidation sites excluding steroid dienone is 1. The first-order valence-corrected chi connectivity index (χ1v) is 16.4. The molecular formula is C31H37ClN2O5S. The highest BCUT2D eigenvalue weighted by Crippen LogP contribution is 2.46. The molecule has 1 saturated carbocycles. The second-order valence-corrected chi connectivity index (χ2v) is 14.0. The van der Waals surface area contributed by atoms with Crippen LogP contribution in [0.5, 0.6) is 5.75 Å². The standard InChI is InChI=1S/C31H37ClN2O5S/c1-38-30-25-14-20(15-25)11-13-40(36,37)33-31(35)22-7-10-29-28(17-22)34(19-24-6-9-27(24)30)18-23-5-8-26(32)16-21(23)4-2-3-12-39-29/h5,7-8,10,14,16-17,20,24,27,30H,2-4,6,9,11-13,15,18-19H2,1H3,(H,33,35)/t20?,24-,27+,30+/m0/s1. The van der Waals surface area contributed by atoms with Crippen molar-refractivity contribution in [2.75, 3.05) is 30.9 Å². The Kier molecular flexibility index (Phi) is 7.85. The number of hydrogen-bond donors (Lipinski definition) is 1. The Morgan fingerprint density at radius 1 is 1.07 bits per heavy atom. The Morgan fingerprint density at radius 3 is 2.70 bits per heavy atom. The number of benzene rings is 2. The molecule has 0 saturated heterocycles. The monoisotopic (exact) mass is 584 g/mol. The van der Waals surface area contributed by atoms with Crippen LogP contribution in [0.3, 0.4) is 0 Å². The van der Waals surface area contributed by atoms with Crippen molar-refractivity contribution in [2.45, 2.75) is 57.6 Å². The van der Waals surface area contributed by atoms with Gasteiger partial charge in [-0.15, -0.1) is 0 Å². The first-order valence-electron chi connectivity index (χ1n) is 14.4. The number of ether oxygens (including phenoxy) is 2. The lowest BCUT2D eigenvalue weighted by atomic mass is 9.65. The maximum Gasteiger partial charge on any atom is 0.264 e. The summed E-state index contributed by atoms with van der Waals surface area (Å²) in [5, 5.41) is 0.729. The van der Waals surface area contributed by atoms with Crippen LogP contribution in [0, 0.1) is 17.8 Å². The number of halogens is 1. The molecule has 3 heterocycles. The third kappa shape index (κ3) is 5.76. The highest BCUT2D eigenvalue weighted by molar-refractivity contribution is 7.90. The SMILES string of the molecule is CO[C@@H]1C2=CC(CCS(=O)(=O)NC(=O)c3ccc4c(c3)N(Cc3ccc(Cl)cc3CCCCO4)C[C@@H]3CC[C@H]31)C2. The van der Waals surface area contributed by atoms with Crippen molar-refractivity contribution in [3.63, 3.8) is 0 Å². The maximum absolute atomic E-state index is 13.2. The Labute approximate surface area is 241 Å². The number of aryl methyl sites for hydroxylation is 1. The molecule has 0 aromatic heterocycles. The first kappa shape index (κ1) is 27.6. The molecular weight excluding hydrogens is 548 g/mol. The fourth-order valence-corrected chi connectivity index (χ4v) is 8.00. The van der Waals surface area contributed by atoms with Crippen LogP contribution in [-0.2, 0) is 27.7 Å². The van der Waals surface area contributed by atoms with E-state index >= 15 is 0 Å². The lowest BCUT2D eigenvalue weighted by molar-refractivity contribution is 0.000675. The summed E-state index contributed by atoms with van der Waals surface area (Å²) in [5.74, 6) is 1.03. The minimum Gasteiger partial charge on any atom is -0.491 e. The van der Waals surface area contributed by atoms with E-state index < -0.39 is 15.9 Å². The van der Waals surface area contributed by atoms with Gasteiger partial charge in [0, 0.05) is 30.8 Å². The summed E-state index contributed by atoms with van der Waals surface area (Å²) >= 11 is 6.40. The summed E-state index contributed by atoms with van der Waals surface area (Å²) < 4.78 is 40.3. The van der Waals surface area contributed by atoms with Crippen LogP contribution in [0.2, 0.25) is 5.02 Å². The number of methoxy groups -OCH3 is 1. The number of anilines is 1. The molecule has 2 aromatic rings. The summed E-state index contributed by atoms with van der Waals surface area (Å²) in [7, 11) is -1.98. The van der Waals surface area contributed by atoms with E-state index in [9.17, 15) is 13.2 Å². The molecule has 1 fully saturated rings. The molecule has 1 unspecified atom stereocenters. The van der Waals surface area contributed by atoms with E-state index in [1.54, 1.807) is 19.2 Å². The van der Waals surface area contributed by atoms with Gasteiger partial charge < -0.3 is 14.4 Å². The summed E-state index contributed by atoms with van der Waals surface area (Å²) in [6, 6.07) is 11.4. The molecule has 4 atom stereocenters. The number of nitrogens with one attached hydrogen (secondary N) is 1. The third-order valence-electron chi connectivity index (χ3n) is 9.08. The van der Waals surface area contributed by atoms with E-state index in [0.717, 1.165) is 55.8 Å². The van der Waals surface area contributed by atoms with Gasteiger partial charge in [0.15, 0.2) is 0 Å². The average Bonchev–Trinajstić information content (AvgIpc) is 2.91. The van der Waals surface area contributed by atoms with Gasteiger partial charge in [-0.3, -0.25) is 4.79 Å². The molecule has 4 bridgehead atoms. The molecule has 214 valence electrons. The number of carbonyl (C=O) groups is 1. The number of sulfonamides is 1. The zero-order valence-electron chi connectivity index (χ0n) is 22.9. The molecule has 2 aliphatic carbocycles. The van der Waals surface area contributed by atoms with Crippen molar-refractivity contribution in [1.82, 2.24) is 4.72 Å². The minimum absolute atomic E-state index is 0.0521. The fourth-order valence-electron chi connectivity index (χ4n) is 6.69. The zero-order valence-corrected chi connectivity index (χ0v) is 24.5. The molecule has 0 radical (unpaired) electrons. The Bertz CT molecular complexity index is 1420. The van der Waals surface area contributed by atoms with Crippen molar-refractivity contribution >= 4 is 33.2 Å². The molecule has 7 nitrogen and oxygen atoms in total. The highest BCUT2D eigenvalue weighted by atomic mass is 35.5. The predicted octanol–water partition coefficient (Wildman–Crippen LogP) is 5.51. The molecule has 0 spiro atoms. The second-order valence-electron chi connectivity index (χ2n) is 11.7. The smallest absolute Gasteiger partial charge is 0.264 e. The molecule has 1 amide bonds. The van der Waals surface area contributed by atoms with E-state index in [1.165, 1.54) is 16.7 Å². The quantitative estimate of drug-likeness (QED) is 0.445. The van der Waals surface area contributed by atoms with Crippen molar-refractivity contribution in [1.29, 1.82) is 0 Å². The Balaban J connectivity index is 1.43. The van der Waals surface area contributed by atoms with Gasteiger partial charge >= 0.3 is 0 Å². The van der Waals surface area contributed by atoms with Crippen LogP contribution in [0.4, 0.5) is 5.69 Å². The van der Waals surface area contributed by atoms with Crippen LogP contribution in [0.25, 0.3) is 0 Å². The molecule has 1 N–H and O–H groups in total. The van der Waals surface area contributed by atoms with E-state index in [2.05, 4.69) is 27.8 Å². The van der Waals surface area contributed by atoms with Crippen LogP contribution < -0.4 is 14.4 Å². The topological polar surface area (TPSA) is 84.9 Å². The van der Waals surface area contributed by atoms with Gasteiger partial charge in [-0.2, -0.15) is 0 Å². The molecule has 2 aromatic carbocycles. The molecule has 9 heteroatoms. The number of hydrogen-bond acceptors (Lipinski definition) is 6. The summed E-state index contributed by atoms with van der Waals surface area (Å²) in [6.45, 7) is 1.98. The minimum atomic E-state index is -3.77. The van der Waals surface area contributed by atoms with Crippen LogP contribution in [-0.4, -0.2) is 46.4 Å². The van der Waals surface area contributed by atoms with Crippen molar-refractivity contribution in [2.24, 2.45) is 17.8 Å². The predicted molar refractivity (Wildman–Crippen MR) is 156 cm³/mol. The largest absolute Gasteiger partial charge is 0.491 e. The summed E-state index contributed by atoms with van der Waals surface area (Å²) in [5.41, 5.74) is 4.82. The summed E-state index contributed by atoms with van der Waals surface area (Å²) in [6.07, 6.45) is 8.59. The van der Waals surface area contributed by atoms with Crippen LogP contribution >= 0.6 is 11.6 Å².